The van der Waals surface area contributed by atoms with E-state index in [1.54, 1.807) is 0 Å². The first-order chi connectivity index (χ1) is 32.0. The number of phosphoric acid groups is 1. The number of likely N-dealkylation sites (N-methyl/N-ethyl adjacent to an activating group) is 1. The van der Waals surface area contributed by atoms with Crippen molar-refractivity contribution in [3.05, 3.63) is 122 Å². The first-order valence-electron chi connectivity index (χ1n) is 25.9. The van der Waals surface area contributed by atoms with E-state index in [0.717, 1.165) is 122 Å². The zero-order valence-corrected chi connectivity index (χ0v) is 43.5. The van der Waals surface area contributed by atoms with Crippen LogP contribution in [0.15, 0.2) is 122 Å². The van der Waals surface area contributed by atoms with Gasteiger partial charge in [-0.05, 0) is 89.9 Å². The summed E-state index contributed by atoms with van der Waals surface area (Å²) >= 11 is 0. The molecule has 3 N–H and O–H groups in total. The molecule has 0 aliphatic heterocycles. The highest BCUT2D eigenvalue weighted by Crippen LogP contribution is 2.43. The Kier molecular flexibility index (Phi) is 44.8. The van der Waals surface area contributed by atoms with Crippen LogP contribution in [0.5, 0.6) is 0 Å². The lowest BCUT2D eigenvalue weighted by atomic mass is 10.0. The van der Waals surface area contributed by atoms with Crippen molar-refractivity contribution in [2.75, 3.05) is 40.9 Å². The van der Waals surface area contributed by atoms with Crippen molar-refractivity contribution in [3.8, 4) is 0 Å². The third kappa shape index (κ3) is 48.8. The Balaban J connectivity index is 3.96. The Morgan fingerprint density at radius 1 is 0.530 bits per heavy atom. The first-order valence-corrected chi connectivity index (χ1v) is 27.4. The maximum absolute atomic E-state index is 12.8. The standard InChI is InChI=1S/C57H97N2O6P/c1-6-8-10-12-13-14-15-16-17-18-19-20-21-22-23-24-25-26-27-28-29-30-31-32-33-34-35-36-37-38-39-40-41-42-43-44-45-47-49-51-57(61)58-55(56(60)50-48-46-11-9-7-2)54-65-66(62,63)64-53-52-59(3,4)5/h8,10,13-14,16-17,19-20,22-23,25-26,28-29,31-32,34-35,37-38,55-56,60H,6-7,9,11-12,15,18,21,24,27,30,33,36,39-54H2,1-5H3,(H-,58,61,62,63)/p+1/b10-8-,14-13-,17-16-,20-19-,23-22-,26-25-,29-28-,32-31-,35-34-,38-37-. The van der Waals surface area contributed by atoms with Crippen molar-refractivity contribution in [3.63, 3.8) is 0 Å². The second-order valence-electron chi connectivity index (χ2n) is 18.2. The monoisotopic (exact) mass is 938 g/mol. The van der Waals surface area contributed by atoms with Crippen LogP contribution in [0.2, 0.25) is 0 Å². The molecule has 9 heteroatoms. The third-order valence-electron chi connectivity index (χ3n) is 10.7. The number of aliphatic hydroxyl groups is 1. The molecular weight excluding hydrogens is 840 g/mol. The molecule has 0 radical (unpaired) electrons. The molecular formula is C57H98N2O6P+. The molecule has 0 fully saturated rings. The molecule has 8 nitrogen and oxygen atoms in total. The largest absolute Gasteiger partial charge is 0.472 e. The number of nitrogens with one attached hydrogen (secondary N) is 1. The smallest absolute Gasteiger partial charge is 0.391 e. The van der Waals surface area contributed by atoms with Crippen molar-refractivity contribution >= 4 is 13.7 Å². The fourth-order valence-electron chi connectivity index (χ4n) is 6.66. The summed E-state index contributed by atoms with van der Waals surface area (Å²) in [6, 6.07) is -0.769. The van der Waals surface area contributed by atoms with Gasteiger partial charge in [-0.3, -0.25) is 13.8 Å². The van der Waals surface area contributed by atoms with Gasteiger partial charge in [-0.15, -0.1) is 0 Å². The van der Waals surface area contributed by atoms with Gasteiger partial charge in [0, 0.05) is 6.42 Å². The predicted octanol–water partition coefficient (Wildman–Crippen LogP) is 15.4. The van der Waals surface area contributed by atoms with Gasteiger partial charge in [-0.25, -0.2) is 4.57 Å². The van der Waals surface area contributed by atoms with E-state index in [1.165, 1.54) is 32.1 Å². The Hall–Kier alpha value is -3.10. The van der Waals surface area contributed by atoms with Gasteiger partial charge in [0.25, 0.3) is 0 Å². The molecule has 376 valence electrons. The lowest BCUT2D eigenvalue weighted by Gasteiger charge is -2.26. The summed E-state index contributed by atoms with van der Waals surface area (Å²) < 4.78 is 23.4. The van der Waals surface area contributed by atoms with Gasteiger partial charge < -0.3 is 19.8 Å². The molecule has 0 aromatic rings. The van der Waals surface area contributed by atoms with Gasteiger partial charge in [0.15, 0.2) is 0 Å². The minimum absolute atomic E-state index is 0.0659. The first kappa shape index (κ1) is 62.9. The van der Waals surface area contributed by atoms with Crippen LogP contribution in [-0.4, -0.2) is 73.4 Å². The van der Waals surface area contributed by atoms with Gasteiger partial charge >= 0.3 is 7.82 Å². The van der Waals surface area contributed by atoms with Crippen LogP contribution in [0.3, 0.4) is 0 Å². The van der Waals surface area contributed by atoms with Crippen molar-refractivity contribution in [1.82, 2.24) is 5.32 Å². The zero-order chi connectivity index (χ0) is 48.5. The van der Waals surface area contributed by atoms with E-state index in [-0.39, 0.29) is 19.1 Å². The molecule has 66 heavy (non-hydrogen) atoms. The number of amides is 1. The number of unbranched alkanes of at least 4 members (excludes halogenated alkanes) is 12. The van der Waals surface area contributed by atoms with Gasteiger partial charge in [0.1, 0.15) is 13.2 Å². The molecule has 3 unspecified atom stereocenters. The molecule has 0 saturated heterocycles. The van der Waals surface area contributed by atoms with E-state index in [4.69, 9.17) is 9.05 Å². The molecule has 0 aliphatic rings. The van der Waals surface area contributed by atoms with Gasteiger partial charge in [0.05, 0.1) is 39.9 Å². The van der Waals surface area contributed by atoms with E-state index in [2.05, 4.69) is 141 Å². The molecule has 0 aromatic heterocycles. The Labute approximate surface area is 405 Å². The molecule has 1 amide bonds. The number of nitrogens with zero attached hydrogens (tertiary/aromatic N) is 1. The summed E-state index contributed by atoms with van der Waals surface area (Å²) in [6.45, 7) is 4.64. The van der Waals surface area contributed by atoms with E-state index in [0.29, 0.717) is 23.9 Å². The predicted molar refractivity (Wildman–Crippen MR) is 285 cm³/mol. The quantitative estimate of drug-likeness (QED) is 0.0243. The molecule has 0 aromatic carbocycles. The van der Waals surface area contributed by atoms with Crippen molar-refractivity contribution < 1.29 is 32.9 Å². The highest BCUT2D eigenvalue weighted by Gasteiger charge is 2.28. The van der Waals surface area contributed by atoms with Crippen molar-refractivity contribution in [1.29, 1.82) is 0 Å². The lowest BCUT2D eigenvalue weighted by molar-refractivity contribution is -0.870. The van der Waals surface area contributed by atoms with Crippen molar-refractivity contribution in [2.24, 2.45) is 0 Å². The Bertz CT molecular complexity index is 1480. The van der Waals surface area contributed by atoms with Crippen LogP contribution >= 0.6 is 7.82 Å². The zero-order valence-electron chi connectivity index (χ0n) is 42.6. The van der Waals surface area contributed by atoms with Crippen LogP contribution < -0.4 is 5.32 Å². The summed E-state index contributed by atoms with van der Waals surface area (Å²) in [7, 11) is 1.59. The van der Waals surface area contributed by atoms with Crippen LogP contribution in [0.4, 0.5) is 0 Å². The molecule has 0 rings (SSSR count). The number of rotatable bonds is 45. The number of allylic oxidation sites excluding steroid dienone is 20. The minimum atomic E-state index is -4.31. The molecule has 0 saturated carbocycles. The summed E-state index contributed by atoms with van der Waals surface area (Å²) in [5, 5.41) is 13.8. The highest BCUT2D eigenvalue weighted by molar-refractivity contribution is 7.47. The van der Waals surface area contributed by atoms with E-state index in [9.17, 15) is 19.4 Å². The molecule has 0 heterocycles. The second kappa shape index (κ2) is 47.0. The number of quaternary nitrogens is 1. The maximum Gasteiger partial charge on any atom is 0.472 e. The number of hydrogen-bond donors (Lipinski definition) is 3. The second-order valence-corrected chi connectivity index (χ2v) is 19.6. The van der Waals surface area contributed by atoms with Gasteiger partial charge in [-0.1, -0.05) is 206 Å². The Morgan fingerprint density at radius 2 is 0.909 bits per heavy atom. The SMILES string of the molecule is CC/C=C\C/C=C\C/C=C\C/C=C\C/C=C\C/C=C\C/C=C\C/C=C\C/C=C\C/C=C\CCCCCCCCCCC(=O)NC(COP(=O)(O)OCC[N+](C)(C)C)C(O)CCCCCCC. The summed E-state index contributed by atoms with van der Waals surface area (Å²) in [4.78, 5) is 23.0. The molecule has 0 spiro atoms. The maximum atomic E-state index is 12.8. The van der Waals surface area contributed by atoms with Crippen molar-refractivity contribution in [2.45, 2.75) is 193 Å². The average Bonchev–Trinajstić information content (AvgIpc) is 3.27. The molecule has 3 atom stereocenters. The summed E-state index contributed by atoms with van der Waals surface area (Å²) in [5.74, 6) is -0.167. The van der Waals surface area contributed by atoms with Gasteiger partial charge in [-0.2, -0.15) is 0 Å². The average molecular weight is 938 g/mol. The van der Waals surface area contributed by atoms with Crippen LogP contribution in [-0.2, 0) is 18.4 Å². The van der Waals surface area contributed by atoms with Crippen LogP contribution in [0.1, 0.15) is 181 Å². The molecule has 0 aliphatic carbocycles. The summed E-state index contributed by atoms with van der Waals surface area (Å²) in [6.07, 6.45) is 70.1. The van der Waals surface area contributed by atoms with E-state index >= 15 is 0 Å². The number of carbonyl (C=O) groups is 1. The van der Waals surface area contributed by atoms with E-state index in [1.807, 2.05) is 21.1 Å². The Morgan fingerprint density at radius 3 is 1.33 bits per heavy atom. The highest BCUT2D eigenvalue weighted by atomic mass is 31.2. The van der Waals surface area contributed by atoms with Gasteiger partial charge in [0.2, 0.25) is 5.91 Å². The molecule has 0 bridgehead atoms. The number of carbonyl (C=O) groups excluding carboxylic acids is 1. The third-order valence-corrected chi connectivity index (χ3v) is 11.7. The number of aliphatic hydroxyl groups excluding tert-OH is 1. The topological polar surface area (TPSA) is 105 Å². The number of hydrogen-bond acceptors (Lipinski definition) is 5. The normalized spacial score (nSPS) is 15.1. The number of phosphoric ester groups is 1. The van der Waals surface area contributed by atoms with Crippen LogP contribution in [0, 0.1) is 0 Å². The summed E-state index contributed by atoms with van der Waals surface area (Å²) in [5.41, 5.74) is 0. The lowest BCUT2D eigenvalue weighted by Crippen LogP contribution is -2.46. The fraction of sp³-hybridized carbons (Fsp3) is 0.632. The fourth-order valence-corrected chi connectivity index (χ4v) is 7.40. The minimum Gasteiger partial charge on any atom is -0.391 e. The van der Waals surface area contributed by atoms with Crippen LogP contribution in [0.25, 0.3) is 0 Å². The van der Waals surface area contributed by atoms with E-state index < -0.39 is 20.0 Å².